The first-order valence-electron chi connectivity index (χ1n) is 11.1. The number of anilines is 2. The summed E-state index contributed by atoms with van der Waals surface area (Å²) < 4.78 is 23.7. The maximum absolute atomic E-state index is 13.1. The second kappa shape index (κ2) is 10.9. The van der Waals surface area contributed by atoms with E-state index in [0.29, 0.717) is 38.6 Å². The number of carbonyl (C=O) groups is 2. The third-order valence-corrected chi connectivity index (χ3v) is 7.55. The van der Waals surface area contributed by atoms with Crippen LogP contribution >= 0.6 is 23.2 Å². The second-order valence-corrected chi connectivity index (χ2v) is 11.2. The first kappa shape index (κ1) is 26.6. The number of nitrogens with zero attached hydrogens (tertiary/aromatic N) is 1. The van der Waals surface area contributed by atoms with Crippen LogP contribution in [0.2, 0.25) is 10.0 Å². The average Bonchev–Trinajstić information content (AvgIpc) is 3.25. The zero-order valence-electron chi connectivity index (χ0n) is 19.6. The molecule has 1 unspecified atom stereocenters. The Kier molecular flexibility index (Phi) is 7.84. The van der Waals surface area contributed by atoms with E-state index in [1.54, 1.807) is 36.4 Å². The van der Waals surface area contributed by atoms with Crippen molar-refractivity contribution in [3.8, 4) is 0 Å². The van der Waals surface area contributed by atoms with Crippen molar-refractivity contribution in [3.63, 3.8) is 0 Å². The molecule has 0 aliphatic rings. The van der Waals surface area contributed by atoms with Crippen LogP contribution in [0.25, 0.3) is 10.9 Å². The fraction of sp³-hybridized carbons (Fsp3) is 0.160. The van der Waals surface area contributed by atoms with Crippen molar-refractivity contribution in [1.82, 2.24) is 10.2 Å². The van der Waals surface area contributed by atoms with Crippen LogP contribution in [0.15, 0.2) is 65.6 Å². The Morgan fingerprint density at radius 3 is 2.51 bits per heavy atom. The van der Waals surface area contributed by atoms with Crippen LogP contribution in [0.4, 0.5) is 11.5 Å². The SMILES string of the molecule is CS(=O)(=O)c1cccc(C(=O)Nc2n[nH]c3ccc(NC(=O)C(CCN)c4ccc(Cl)c(Cl)c4)cc23)c1. The molecule has 4 rings (SSSR count). The number of benzene rings is 3. The van der Waals surface area contributed by atoms with Gasteiger partial charge < -0.3 is 16.4 Å². The van der Waals surface area contributed by atoms with Crippen molar-refractivity contribution in [2.24, 2.45) is 5.73 Å². The lowest BCUT2D eigenvalue weighted by molar-refractivity contribution is -0.117. The summed E-state index contributed by atoms with van der Waals surface area (Å²) in [6, 6.07) is 15.8. The lowest BCUT2D eigenvalue weighted by Crippen LogP contribution is -2.23. The highest BCUT2D eigenvalue weighted by molar-refractivity contribution is 7.90. The summed E-state index contributed by atoms with van der Waals surface area (Å²) in [7, 11) is -3.47. The van der Waals surface area contributed by atoms with Gasteiger partial charge in [0.25, 0.3) is 5.91 Å². The highest BCUT2D eigenvalue weighted by Crippen LogP contribution is 2.30. The Morgan fingerprint density at radius 1 is 1.03 bits per heavy atom. The van der Waals surface area contributed by atoms with Gasteiger partial charge in [-0.1, -0.05) is 35.3 Å². The number of sulfone groups is 1. The Bertz CT molecular complexity index is 1600. The molecule has 12 heteroatoms. The van der Waals surface area contributed by atoms with Crippen LogP contribution in [-0.4, -0.2) is 43.2 Å². The number of aromatic amines is 1. The number of hydrogen-bond acceptors (Lipinski definition) is 6. The van der Waals surface area contributed by atoms with Crippen LogP contribution < -0.4 is 16.4 Å². The molecule has 0 spiro atoms. The molecule has 0 saturated heterocycles. The van der Waals surface area contributed by atoms with E-state index in [1.807, 2.05) is 0 Å². The third kappa shape index (κ3) is 6.11. The predicted octanol–water partition coefficient (Wildman–Crippen LogP) is 4.60. The molecule has 0 saturated carbocycles. The number of H-pyrrole nitrogens is 1. The highest BCUT2D eigenvalue weighted by Gasteiger charge is 2.22. The molecule has 0 fully saturated rings. The Morgan fingerprint density at radius 2 is 1.81 bits per heavy atom. The quantitative estimate of drug-likeness (QED) is 0.248. The van der Waals surface area contributed by atoms with Gasteiger partial charge in [-0.05, 0) is 67.1 Å². The zero-order valence-corrected chi connectivity index (χ0v) is 21.9. The number of nitrogens with two attached hydrogens (primary N) is 1. The summed E-state index contributed by atoms with van der Waals surface area (Å²) in [5.74, 6) is -1.14. The summed E-state index contributed by atoms with van der Waals surface area (Å²) in [4.78, 5) is 26.0. The minimum Gasteiger partial charge on any atom is -0.330 e. The summed E-state index contributed by atoms with van der Waals surface area (Å²) in [6.07, 6.45) is 1.46. The number of aromatic nitrogens is 2. The number of halogens is 2. The minimum atomic E-state index is -3.47. The van der Waals surface area contributed by atoms with Crippen molar-refractivity contribution >= 4 is 67.3 Å². The molecular formula is C25H23Cl2N5O4S. The molecule has 0 radical (unpaired) electrons. The number of carbonyl (C=O) groups excluding carboxylic acids is 2. The van der Waals surface area contributed by atoms with Gasteiger partial charge in [-0.2, -0.15) is 5.10 Å². The van der Waals surface area contributed by atoms with Crippen LogP contribution in [0.3, 0.4) is 0 Å². The minimum absolute atomic E-state index is 0.0334. The molecule has 5 N–H and O–H groups in total. The van der Waals surface area contributed by atoms with Crippen molar-refractivity contribution in [3.05, 3.63) is 81.8 Å². The van der Waals surface area contributed by atoms with E-state index in [9.17, 15) is 18.0 Å². The van der Waals surface area contributed by atoms with Crippen LogP contribution in [0.1, 0.15) is 28.3 Å². The average molecular weight is 560 g/mol. The van der Waals surface area contributed by atoms with Crippen LogP contribution in [-0.2, 0) is 14.6 Å². The predicted molar refractivity (Wildman–Crippen MR) is 145 cm³/mol. The third-order valence-electron chi connectivity index (χ3n) is 5.70. The van der Waals surface area contributed by atoms with Crippen molar-refractivity contribution in [2.75, 3.05) is 23.4 Å². The first-order valence-corrected chi connectivity index (χ1v) is 13.8. The highest BCUT2D eigenvalue weighted by atomic mass is 35.5. The molecule has 1 aromatic heterocycles. The summed E-state index contributed by atoms with van der Waals surface area (Å²) in [5, 5.41) is 13.8. The van der Waals surface area contributed by atoms with E-state index in [4.69, 9.17) is 28.9 Å². The van der Waals surface area contributed by atoms with E-state index in [0.717, 1.165) is 6.26 Å². The van der Waals surface area contributed by atoms with Gasteiger partial charge >= 0.3 is 0 Å². The molecule has 3 aromatic carbocycles. The smallest absolute Gasteiger partial charge is 0.256 e. The van der Waals surface area contributed by atoms with Crippen LogP contribution in [0.5, 0.6) is 0 Å². The topological polar surface area (TPSA) is 147 Å². The summed E-state index contributed by atoms with van der Waals surface area (Å²) in [6.45, 7) is 0.288. The fourth-order valence-electron chi connectivity index (χ4n) is 3.81. The molecular weight excluding hydrogens is 537 g/mol. The van der Waals surface area contributed by atoms with Gasteiger partial charge in [-0.25, -0.2) is 8.42 Å². The Labute approximate surface area is 223 Å². The first-order chi connectivity index (χ1) is 17.6. The molecule has 0 aliphatic heterocycles. The molecule has 0 aliphatic carbocycles. The monoisotopic (exact) mass is 559 g/mol. The van der Waals surface area contributed by atoms with Gasteiger partial charge in [0.1, 0.15) is 0 Å². The summed E-state index contributed by atoms with van der Waals surface area (Å²) in [5.41, 5.74) is 7.70. The molecule has 2 amide bonds. The second-order valence-electron chi connectivity index (χ2n) is 8.38. The molecule has 0 bridgehead atoms. The van der Waals surface area contributed by atoms with Gasteiger partial charge in [0, 0.05) is 22.9 Å². The molecule has 37 heavy (non-hydrogen) atoms. The standard InChI is InChI=1S/C25H23Cl2N5O4S/c1-37(35,36)17-4-2-3-15(11-17)24(33)30-23-19-13-16(6-8-22(19)31-32-23)29-25(34)18(9-10-28)14-5-7-20(26)21(27)12-14/h2-8,11-13,18H,9-10,28H2,1H3,(H,29,34)(H2,30,31,32,33). The lowest BCUT2D eigenvalue weighted by Gasteiger charge is -2.17. The Balaban J connectivity index is 1.57. The fourth-order valence-corrected chi connectivity index (χ4v) is 4.78. The molecule has 192 valence electrons. The van der Waals surface area contributed by atoms with E-state index in [1.165, 1.54) is 24.3 Å². The van der Waals surface area contributed by atoms with E-state index >= 15 is 0 Å². The maximum atomic E-state index is 13.1. The van der Waals surface area contributed by atoms with Gasteiger partial charge in [0.2, 0.25) is 5.91 Å². The normalized spacial score (nSPS) is 12.3. The van der Waals surface area contributed by atoms with Crippen molar-refractivity contribution in [2.45, 2.75) is 17.2 Å². The Hall–Kier alpha value is -3.44. The lowest BCUT2D eigenvalue weighted by atomic mass is 9.94. The number of fused-ring (bicyclic) bond motifs is 1. The van der Waals surface area contributed by atoms with Gasteiger partial charge in [0.15, 0.2) is 15.7 Å². The number of rotatable bonds is 8. The van der Waals surface area contributed by atoms with Gasteiger partial charge in [0.05, 0.1) is 26.4 Å². The van der Waals surface area contributed by atoms with E-state index in [-0.39, 0.29) is 28.7 Å². The molecule has 1 heterocycles. The van der Waals surface area contributed by atoms with Crippen molar-refractivity contribution in [1.29, 1.82) is 0 Å². The van der Waals surface area contributed by atoms with Gasteiger partial charge in [-0.3, -0.25) is 14.7 Å². The van der Waals surface area contributed by atoms with Gasteiger partial charge in [-0.15, -0.1) is 0 Å². The molecule has 4 aromatic rings. The van der Waals surface area contributed by atoms with Crippen molar-refractivity contribution < 1.29 is 18.0 Å². The zero-order chi connectivity index (χ0) is 26.7. The van der Waals surface area contributed by atoms with Crippen LogP contribution in [0, 0.1) is 0 Å². The number of nitrogens with one attached hydrogen (secondary N) is 3. The van der Waals surface area contributed by atoms with E-state index < -0.39 is 21.7 Å². The maximum Gasteiger partial charge on any atom is 0.256 e. The summed E-state index contributed by atoms with van der Waals surface area (Å²) >= 11 is 12.2. The largest absolute Gasteiger partial charge is 0.330 e. The van der Waals surface area contributed by atoms with E-state index in [2.05, 4.69) is 20.8 Å². The molecule has 1 atom stereocenters. The number of hydrogen-bond donors (Lipinski definition) is 4. The molecule has 9 nitrogen and oxygen atoms in total. The number of amides is 2.